The van der Waals surface area contributed by atoms with E-state index in [1.165, 1.54) is 6.07 Å². The number of hydrogen-bond donors (Lipinski definition) is 0. The molecule has 1 aromatic rings. The van der Waals surface area contributed by atoms with Gasteiger partial charge in [0.2, 0.25) is 5.92 Å². The molecule has 1 aliphatic rings. The maximum Gasteiger partial charge on any atom is 0.248 e. The number of hydrogen-bond acceptors (Lipinski definition) is 2. The van der Waals surface area contributed by atoms with Crippen LogP contribution >= 0.6 is 11.8 Å². The molecule has 1 saturated carbocycles. The fraction of sp³-hybridized carbons (Fsp3) is 0.500. The smallest absolute Gasteiger partial charge is 0.248 e. The minimum atomic E-state index is -2.61. The number of carbonyl (C=O) groups is 1. The van der Waals surface area contributed by atoms with Gasteiger partial charge in [-0.25, -0.2) is 13.2 Å². The van der Waals surface area contributed by atoms with Crippen LogP contribution in [0.2, 0.25) is 0 Å². The lowest BCUT2D eigenvalue weighted by Crippen LogP contribution is -2.12. The van der Waals surface area contributed by atoms with E-state index in [-0.39, 0.29) is 42.5 Å². The van der Waals surface area contributed by atoms with Gasteiger partial charge >= 0.3 is 0 Å². The largest absolute Gasteiger partial charge is 0.299 e. The Hall–Kier alpha value is -0.970. The van der Waals surface area contributed by atoms with E-state index in [9.17, 15) is 18.0 Å². The minimum Gasteiger partial charge on any atom is -0.299 e. The highest BCUT2D eigenvalue weighted by Crippen LogP contribution is 2.40. The van der Waals surface area contributed by atoms with E-state index in [1.54, 1.807) is 18.2 Å². The Bertz CT molecular complexity index is 462. The molecule has 1 nitrogen and oxygen atoms in total. The fourth-order valence-corrected chi connectivity index (χ4v) is 3.13. The van der Waals surface area contributed by atoms with Crippen LogP contribution in [0.3, 0.4) is 0 Å². The van der Waals surface area contributed by atoms with E-state index in [2.05, 4.69) is 0 Å². The Kier molecular flexibility index (Phi) is 4.55. The number of benzene rings is 1. The Morgan fingerprint density at radius 2 is 2.11 bits per heavy atom. The van der Waals surface area contributed by atoms with Crippen molar-refractivity contribution in [1.82, 2.24) is 0 Å². The van der Waals surface area contributed by atoms with Crippen molar-refractivity contribution < 1.29 is 18.0 Å². The van der Waals surface area contributed by atoms with Gasteiger partial charge in [-0.05, 0) is 24.5 Å². The highest BCUT2D eigenvalue weighted by atomic mass is 32.2. The van der Waals surface area contributed by atoms with E-state index in [0.717, 1.165) is 11.8 Å². The fourth-order valence-electron chi connectivity index (χ4n) is 2.32. The molecular weight excluding hydrogens is 273 g/mol. The highest BCUT2D eigenvalue weighted by Gasteiger charge is 2.39. The quantitative estimate of drug-likeness (QED) is 0.751. The van der Waals surface area contributed by atoms with Gasteiger partial charge in [0.15, 0.2) is 0 Å². The Morgan fingerprint density at radius 3 is 2.74 bits per heavy atom. The van der Waals surface area contributed by atoms with Crippen molar-refractivity contribution in [3.63, 3.8) is 0 Å². The van der Waals surface area contributed by atoms with E-state index in [4.69, 9.17) is 0 Å². The summed E-state index contributed by atoms with van der Waals surface area (Å²) in [5, 5.41) is 0. The Balaban J connectivity index is 1.78. The topological polar surface area (TPSA) is 17.1 Å². The molecule has 1 aliphatic carbocycles. The molecular formula is C14H15F3OS. The number of halogens is 3. The van der Waals surface area contributed by atoms with Gasteiger partial charge in [-0.15, -0.1) is 11.8 Å². The SMILES string of the molecule is O=C(CSc1ccccc1F)CC1CCC(F)(F)C1. The average Bonchev–Trinajstić information content (AvgIpc) is 2.67. The van der Waals surface area contributed by atoms with E-state index >= 15 is 0 Å². The molecule has 0 N–H and O–H groups in total. The first-order valence-electron chi connectivity index (χ1n) is 6.23. The number of alkyl halides is 2. The highest BCUT2D eigenvalue weighted by molar-refractivity contribution is 8.00. The summed E-state index contributed by atoms with van der Waals surface area (Å²) >= 11 is 1.13. The van der Waals surface area contributed by atoms with Crippen LogP contribution in [0, 0.1) is 11.7 Å². The molecule has 0 radical (unpaired) electrons. The zero-order chi connectivity index (χ0) is 13.9. The normalized spacial score (nSPS) is 21.5. The molecule has 1 unspecified atom stereocenters. The molecule has 0 heterocycles. The maximum absolute atomic E-state index is 13.3. The summed E-state index contributed by atoms with van der Waals surface area (Å²) < 4.78 is 39.3. The predicted molar refractivity (Wildman–Crippen MR) is 69.0 cm³/mol. The zero-order valence-electron chi connectivity index (χ0n) is 10.4. The minimum absolute atomic E-state index is 0.0871. The molecule has 0 saturated heterocycles. The first-order chi connectivity index (χ1) is 8.96. The molecule has 0 amide bonds. The van der Waals surface area contributed by atoms with Gasteiger partial charge < -0.3 is 0 Å². The summed E-state index contributed by atoms with van der Waals surface area (Å²) in [6.45, 7) is 0. The zero-order valence-corrected chi connectivity index (χ0v) is 11.2. The summed E-state index contributed by atoms with van der Waals surface area (Å²) in [5.74, 6) is -3.13. The molecule has 1 aromatic carbocycles. The third-order valence-corrected chi connectivity index (χ3v) is 4.36. The molecule has 0 spiro atoms. The second-order valence-corrected chi connectivity index (χ2v) is 5.94. The molecule has 104 valence electrons. The van der Waals surface area contributed by atoms with Crippen molar-refractivity contribution in [2.24, 2.45) is 5.92 Å². The van der Waals surface area contributed by atoms with Crippen molar-refractivity contribution in [2.75, 3.05) is 5.75 Å². The van der Waals surface area contributed by atoms with Crippen LogP contribution in [-0.2, 0) is 4.79 Å². The first kappa shape index (κ1) is 14.4. The van der Waals surface area contributed by atoms with Gasteiger partial charge in [0.25, 0.3) is 0 Å². The maximum atomic E-state index is 13.3. The molecule has 0 aliphatic heterocycles. The lowest BCUT2D eigenvalue weighted by atomic mass is 10.0. The number of thioether (sulfide) groups is 1. The van der Waals surface area contributed by atoms with Crippen molar-refractivity contribution in [2.45, 2.75) is 36.5 Å². The van der Waals surface area contributed by atoms with Crippen LogP contribution in [0.25, 0.3) is 0 Å². The summed E-state index contributed by atoms with van der Waals surface area (Å²) in [6.07, 6.45) is 0.272. The standard InChI is InChI=1S/C14H15F3OS/c15-12-3-1-2-4-13(12)19-9-11(18)7-10-5-6-14(16,17)8-10/h1-4,10H,5-9H2. The third kappa shape index (κ3) is 4.27. The van der Waals surface area contributed by atoms with Crippen LogP contribution in [0.4, 0.5) is 13.2 Å². The van der Waals surface area contributed by atoms with Crippen molar-refractivity contribution >= 4 is 17.5 Å². The molecule has 0 aromatic heterocycles. The van der Waals surface area contributed by atoms with E-state index in [0.29, 0.717) is 11.3 Å². The molecule has 2 rings (SSSR count). The lowest BCUT2D eigenvalue weighted by molar-refractivity contribution is -0.117. The molecule has 1 atom stereocenters. The van der Waals surface area contributed by atoms with E-state index < -0.39 is 5.92 Å². The van der Waals surface area contributed by atoms with Crippen molar-refractivity contribution in [3.8, 4) is 0 Å². The number of carbonyl (C=O) groups excluding carboxylic acids is 1. The summed E-state index contributed by atoms with van der Waals surface area (Å²) in [5.41, 5.74) is 0. The monoisotopic (exact) mass is 288 g/mol. The van der Waals surface area contributed by atoms with Crippen LogP contribution in [0.5, 0.6) is 0 Å². The average molecular weight is 288 g/mol. The summed E-state index contributed by atoms with van der Waals surface area (Å²) in [4.78, 5) is 12.1. The second-order valence-electron chi connectivity index (χ2n) is 4.93. The Morgan fingerprint density at radius 1 is 1.37 bits per heavy atom. The van der Waals surface area contributed by atoms with Crippen molar-refractivity contribution in [1.29, 1.82) is 0 Å². The van der Waals surface area contributed by atoms with Crippen LogP contribution in [0.15, 0.2) is 29.2 Å². The van der Waals surface area contributed by atoms with Gasteiger partial charge in [0.05, 0.1) is 5.75 Å². The van der Waals surface area contributed by atoms with Gasteiger partial charge in [-0.1, -0.05) is 12.1 Å². The summed E-state index contributed by atoms with van der Waals surface area (Å²) in [7, 11) is 0. The van der Waals surface area contributed by atoms with Crippen LogP contribution in [0.1, 0.15) is 25.7 Å². The molecule has 19 heavy (non-hydrogen) atoms. The van der Waals surface area contributed by atoms with Crippen LogP contribution in [-0.4, -0.2) is 17.5 Å². The molecule has 1 fully saturated rings. The lowest BCUT2D eigenvalue weighted by Gasteiger charge is -2.09. The van der Waals surface area contributed by atoms with Gasteiger partial charge in [0.1, 0.15) is 11.6 Å². The second kappa shape index (κ2) is 5.99. The molecule has 0 bridgehead atoms. The van der Waals surface area contributed by atoms with E-state index in [1.807, 2.05) is 0 Å². The Labute approximate surface area is 114 Å². The van der Waals surface area contributed by atoms with Crippen LogP contribution < -0.4 is 0 Å². The first-order valence-corrected chi connectivity index (χ1v) is 7.22. The summed E-state index contributed by atoms with van der Waals surface area (Å²) in [6, 6.07) is 6.23. The van der Waals surface area contributed by atoms with Gasteiger partial charge in [-0.3, -0.25) is 4.79 Å². The van der Waals surface area contributed by atoms with Gasteiger partial charge in [-0.2, -0.15) is 0 Å². The molecule has 5 heteroatoms. The third-order valence-electron chi connectivity index (χ3n) is 3.25. The number of rotatable bonds is 5. The number of ketones is 1. The predicted octanol–water partition coefficient (Wildman–Crippen LogP) is 4.31. The van der Waals surface area contributed by atoms with Gasteiger partial charge in [0, 0.05) is 24.2 Å². The number of Topliss-reactive ketones (excluding diaryl/α,β-unsaturated/α-hetero) is 1. The van der Waals surface area contributed by atoms with Crippen molar-refractivity contribution in [3.05, 3.63) is 30.1 Å².